The van der Waals surface area contributed by atoms with Gasteiger partial charge in [0.15, 0.2) is 11.5 Å². The first kappa shape index (κ1) is 20.2. The van der Waals surface area contributed by atoms with Gasteiger partial charge in [0.1, 0.15) is 12.1 Å². The maximum absolute atomic E-state index is 12.4. The Morgan fingerprint density at radius 1 is 1.03 bits per heavy atom. The largest absolute Gasteiger partial charge is 0.508 e. The number of nitrogens with one attached hydrogen (secondary N) is 3. The van der Waals surface area contributed by atoms with E-state index >= 15 is 0 Å². The van der Waals surface area contributed by atoms with Gasteiger partial charge in [0, 0.05) is 29.6 Å². The highest BCUT2D eigenvalue weighted by molar-refractivity contribution is 5.94. The van der Waals surface area contributed by atoms with E-state index in [-0.39, 0.29) is 11.7 Å². The Morgan fingerprint density at radius 3 is 2.61 bits per heavy atom. The van der Waals surface area contributed by atoms with Crippen LogP contribution in [0.15, 0.2) is 73.4 Å². The van der Waals surface area contributed by atoms with Crippen molar-refractivity contribution in [2.45, 2.75) is 6.42 Å². The number of phenolic OH excluding ortho intramolecular Hbond substituents is 1. The normalized spacial score (nSPS) is 10.9. The van der Waals surface area contributed by atoms with Crippen molar-refractivity contribution in [2.75, 3.05) is 11.9 Å². The minimum atomic E-state index is -0.150. The number of carbonyl (C=O) groups is 1. The summed E-state index contributed by atoms with van der Waals surface area (Å²) < 4.78 is 1.69. The smallest absolute Gasteiger partial charge is 0.251 e. The lowest BCUT2D eigenvalue weighted by atomic mass is 10.1. The SMILES string of the molecule is O=C(NCCc1ccc(O)cc1)c1ccc(Nc2ncc(-c3cn[nH]c3)n3ncnc23)cc1. The summed E-state index contributed by atoms with van der Waals surface area (Å²) in [7, 11) is 0. The van der Waals surface area contributed by atoms with Crippen LogP contribution in [0.2, 0.25) is 0 Å². The van der Waals surface area contributed by atoms with Gasteiger partial charge in [-0.25, -0.2) is 14.5 Å². The summed E-state index contributed by atoms with van der Waals surface area (Å²) in [6, 6.07) is 14.1. The lowest BCUT2D eigenvalue weighted by Gasteiger charge is -2.10. The second-order valence-corrected chi connectivity index (χ2v) is 7.35. The minimum absolute atomic E-state index is 0.150. The summed E-state index contributed by atoms with van der Waals surface area (Å²) in [6.07, 6.45) is 7.31. The molecule has 2 aromatic carbocycles. The number of fused-ring (bicyclic) bond motifs is 1. The Labute approximate surface area is 188 Å². The first-order valence-electron chi connectivity index (χ1n) is 10.3. The number of hydrogen-bond donors (Lipinski definition) is 4. The zero-order valence-electron chi connectivity index (χ0n) is 17.4. The molecule has 0 fully saturated rings. The number of aromatic nitrogens is 6. The molecule has 3 heterocycles. The molecule has 33 heavy (non-hydrogen) atoms. The van der Waals surface area contributed by atoms with E-state index in [1.54, 1.807) is 47.4 Å². The number of aromatic amines is 1. The molecule has 0 saturated carbocycles. The zero-order chi connectivity index (χ0) is 22.6. The molecule has 164 valence electrons. The third-order valence-corrected chi connectivity index (χ3v) is 5.14. The number of nitrogens with zero attached hydrogens (tertiary/aromatic N) is 5. The Bertz CT molecular complexity index is 1380. The van der Waals surface area contributed by atoms with Crippen LogP contribution in [0.3, 0.4) is 0 Å². The molecule has 5 aromatic rings. The van der Waals surface area contributed by atoms with Crippen LogP contribution in [0.25, 0.3) is 16.9 Å². The molecular weight excluding hydrogens is 420 g/mol. The summed E-state index contributed by atoms with van der Waals surface area (Å²) in [5.74, 6) is 0.624. The number of anilines is 2. The van der Waals surface area contributed by atoms with Crippen LogP contribution >= 0.6 is 0 Å². The van der Waals surface area contributed by atoms with Crippen molar-refractivity contribution < 1.29 is 9.90 Å². The second-order valence-electron chi connectivity index (χ2n) is 7.35. The van der Waals surface area contributed by atoms with Gasteiger partial charge in [-0.3, -0.25) is 9.89 Å². The lowest BCUT2D eigenvalue weighted by molar-refractivity contribution is 0.0954. The molecule has 0 bridgehead atoms. The maximum atomic E-state index is 12.4. The molecule has 5 rings (SSSR count). The first-order valence-corrected chi connectivity index (χ1v) is 10.3. The molecule has 4 N–H and O–H groups in total. The van der Waals surface area contributed by atoms with Crippen LogP contribution in [-0.2, 0) is 6.42 Å². The van der Waals surface area contributed by atoms with Crippen LogP contribution in [0.4, 0.5) is 11.5 Å². The van der Waals surface area contributed by atoms with Crippen molar-refractivity contribution in [1.29, 1.82) is 0 Å². The fourth-order valence-corrected chi connectivity index (χ4v) is 3.42. The molecule has 0 aliphatic rings. The highest BCUT2D eigenvalue weighted by atomic mass is 16.3. The highest BCUT2D eigenvalue weighted by Crippen LogP contribution is 2.23. The Balaban J connectivity index is 1.24. The molecule has 0 atom stereocenters. The summed E-state index contributed by atoms with van der Waals surface area (Å²) in [4.78, 5) is 21.2. The summed E-state index contributed by atoms with van der Waals surface area (Å²) >= 11 is 0. The Kier molecular flexibility index (Phi) is 5.38. The number of phenols is 1. The van der Waals surface area contributed by atoms with Gasteiger partial charge in [0.05, 0.1) is 18.1 Å². The molecule has 10 heteroatoms. The molecule has 1 amide bonds. The van der Waals surface area contributed by atoms with E-state index < -0.39 is 0 Å². The number of aromatic hydroxyl groups is 1. The van der Waals surface area contributed by atoms with E-state index in [9.17, 15) is 9.90 Å². The summed E-state index contributed by atoms with van der Waals surface area (Å²) in [5.41, 5.74) is 4.56. The maximum Gasteiger partial charge on any atom is 0.251 e. The second kappa shape index (κ2) is 8.79. The van der Waals surface area contributed by atoms with Gasteiger partial charge < -0.3 is 15.7 Å². The molecule has 0 unspecified atom stereocenters. The topological polar surface area (TPSA) is 133 Å². The summed E-state index contributed by atoms with van der Waals surface area (Å²) in [5, 5.41) is 26.5. The van der Waals surface area contributed by atoms with Gasteiger partial charge in [0.2, 0.25) is 0 Å². The van der Waals surface area contributed by atoms with Crippen molar-refractivity contribution in [3.05, 3.63) is 84.6 Å². The molecule has 0 aliphatic carbocycles. The fraction of sp³-hybridized carbons (Fsp3) is 0.0870. The predicted molar refractivity (Wildman–Crippen MR) is 122 cm³/mol. The van der Waals surface area contributed by atoms with Gasteiger partial charge in [-0.2, -0.15) is 10.2 Å². The lowest BCUT2D eigenvalue weighted by Crippen LogP contribution is -2.25. The van der Waals surface area contributed by atoms with Crippen LogP contribution in [0.1, 0.15) is 15.9 Å². The Morgan fingerprint density at radius 2 is 1.85 bits per heavy atom. The number of carbonyl (C=O) groups excluding carboxylic acids is 1. The van der Waals surface area contributed by atoms with Crippen LogP contribution in [-0.4, -0.2) is 47.3 Å². The van der Waals surface area contributed by atoms with Crippen LogP contribution in [0, 0.1) is 0 Å². The monoisotopic (exact) mass is 440 g/mol. The first-order chi connectivity index (χ1) is 16.2. The van der Waals surface area contributed by atoms with Gasteiger partial charge in [-0.15, -0.1) is 0 Å². The molecular formula is C23H20N8O2. The van der Waals surface area contributed by atoms with Crippen molar-refractivity contribution in [3.63, 3.8) is 0 Å². The fourth-order valence-electron chi connectivity index (χ4n) is 3.42. The number of hydrogen-bond acceptors (Lipinski definition) is 7. The van der Waals surface area contributed by atoms with E-state index in [4.69, 9.17) is 0 Å². The summed E-state index contributed by atoms with van der Waals surface area (Å²) in [6.45, 7) is 0.501. The molecule has 0 spiro atoms. The van der Waals surface area contributed by atoms with Crippen molar-refractivity contribution in [2.24, 2.45) is 0 Å². The van der Waals surface area contributed by atoms with Crippen LogP contribution < -0.4 is 10.6 Å². The van der Waals surface area contributed by atoms with Gasteiger partial charge in [0.25, 0.3) is 5.91 Å². The van der Waals surface area contributed by atoms with Crippen molar-refractivity contribution in [3.8, 4) is 17.0 Å². The third-order valence-electron chi connectivity index (χ3n) is 5.14. The predicted octanol–water partition coefficient (Wildman–Crippen LogP) is 2.94. The van der Waals surface area contributed by atoms with Crippen LogP contribution in [0.5, 0.6) is 5.75 Å². The molecule has 0 radical (unpaired) electrons. The minimum Gasteiger partial charge on any atom is -0.508 e. The van der Waals surface area contributed by atoms with Gasteiger partial charge >= 0.3 is 0 Å². The highest BCUT2D eigenvalue weighted by Gasteiger charge is 2.13. The van der Waals surface area contributed by atoms with E-state index in [1.807, 2.05) is 24.3 Å². The molecule has 10 nitrogen and oxygen atoms in total. The van der Waals surface area contributed by atoms with E-state index in [0.717, 1.165) is 22.5 Å². The number of H-pyrrole nitrogens is 1. The average Bonchev–Trinajstić information content (AvgIpc) is 3.54. The Hall–Kier alpha value is -4.73. The van der Waals surface area contributed by atoms with Gasteiger partial charge in [-0.1, -0.05) is 12.1 Å². The quantitative estimate of drug-likeness (QED) is 0.306. The van der Waals surface area contributed by atoms with Crippen molar-refractivity contribution >= 4 is 23.1 Å². The third kappa shape index (κ3) is 4.35. The number of amides is 1. The number of rotatable bonds is 7. The molecule has 3 aromatic heterocycles. The number of benzene rings is 2. The van der Waals surface area contributed by atoms with E-state index in [1.165, 1.54) is 6.33 Å². The standard InChI is InChI=1S/C23H20N8O2/c32-19-7-1-15(2-8-19)9-10-24-23(33)16-3-5-18(6-4-16)30-21-22-26-14-29-31(22)20(13-25-21)17-11-27-28-12-17/h1-8,11-14,32H,9-10H2,(H,24,33)(H,25,30)(H,27,28). The molecule has 0 aliphatic heterocycles. The van der Waals surface area contributed by atoms with E-state index in [2.05, 4.69) is 35.9 Å². The average molecular weight is 440 g/mol. The zero-order valence-corrected chi connectivity index (χ0v) is 17.4. The van der Waals surface area contributed by atoms with E-state index in [0.29, 0.717) is 30.0 Å². The van der Waals surface area contributed by atoms with Crippen molar-refractivity contribution in [1.82, 2.24) is 35.1 Å². The molecule has 0 saturated heterocycles. The van der Waals surface area contributed by atoms with Gasteiger partial charge in [-0.05, 0) is 48.4 Å².